The Morgan fingerprint density at radius 2 is 2.35 bits per heavy atom. The Bertz CT molecular complexity index is 497. The van der Waals surface area contributed by atoms with Crippen LogP contribution in [-0.2, 0) is 16.1 Å². The van der Waals surface area contributed by atoms with Gasteiger partial charge in [-0.1, -0.05) is 12.1 Å². The smallest absolute Gasteiger partial charge is 0.242 e. The van der Waals surface area contributed by atoms with E-state index in [9.17, 15) is 9.59 Å². The van der Waals surface area contributed by atoms with Crippen LogP contribution in [0.3, 0.4) is 0 Å². The molecule has 0 aliphatic carbocycles. The van der Waals surface area contributed by atoms with Crippen molar-refractivity contribution in [3.8, 4) is 0 Å². The fraction of sp³-hybridized carbons (Fsp3) is 0.692. The largest absolute Gasteiger partial charge is 0.349 e. The number of nitrogens with one attached hydrogen (secondary N) is 2. The third kappa shape index (κ3) is 3.55. The van der Waals surface area contributed by atoms with Crippen molar-refractivity contribution in [1.82, 2.24) is 25.6 Å². The number of carbonyl (C=O) groups excluding carboxylic acids is 2. The van der Waals surface area contributed by atoms with E-state index in [1.807, 2.05) is 27.0 Å². The van der Waals surface area contributed by atoms with Gasteiger partial charge in [0.05, 0.1) is 12.7 Å². The molecule has 0 unspecified atom stereocenters. The highest BCUT2D eigenvalue weighted by Gasteiger charge is 2.28. The van der Waals surface area contributed by atoms with Crippen molar-refractivity contribution in [1.29, 1.82) is 0 Å². The standard InChI is InChI=1S/C13H21N5O2/c1-8(2)18-7-10(16-17-18)6-14-13(20)11-4-9(3)5-12(19)15-11/h7-9,11H,4-6H2,1-3H3,(H,14,20)(H,15,19)/t9-,11-/m0/s1. The van der Waals surface area contributed by atoms with Crippen LogP contribution in [0.15, 0.2) is 6.20 Å². The second-order valence-corrected chi connectivity index (χ2v) is 5.67. The second kappa shape index (κ2) is 6.02. The predicted molar refractivity (Wildman–Crippen MR) is 72.6 cm³/mol. The Labute approximate surface area is 118 Å². The Balaban J connectivity index is 1.86. The molecule has 1 aliphatic heterocycles. The lowest BCUT2D eigenvalue weighted by molar-refractivity contribution is -0.132. The van der Waals surface area contributed by atoms with Crippen molar-refractivity contribution in [3.05, 3.63) is 11.9 Å². The first kappa shape index (κ1) is 14.5. The van der Waals surface area contributed by atoms with E-state index in [2.05, 4.69) is 20.9 Å². The zero-order valence-corrected chi connectivity index (χ0v) is 12.1. The van der Waals surface area contributed by atoms with E-state index in [1.54, 1.807) is 4.68 Å². The maximum atomic E-state index is 12.0. The highest BCUT2D eigenvalue weighted by Crippen LogP contribution is 2.16. The summed E-state index contributed by atoms with van der Waals surface area (Å²) in [5, 5.41) is 13.5. The summed E-state index contributed by atoms with van der Waals surface area (Å²) in [5.74, 6) is 0.0139. The molecule has 0 aromatic carbocycles. The summed E-state index contributed by atoms with van der Waals surface area (Å²) in [6, 6.07) is -0.197. The van der Waals surface area contributed by atoms with Gasteiger partial charge in [0.25, 0.3) is 0 Å². The number of aromatic nitrogens is 3. The molecule has 20 heavy (non-hydrogen) atoms. The van der Waals surface area contributed by atoms with E-state index >= 15 is 0 Å². The molecule has 0 saturated carbocycles. The van der Waals surface area contributed by atoms with Gasteiger partial charge in [0.1, 0.15) is 11.7 Å². The molecule has 2 N–H and O–H groups in total. The fourth-order valence-corrected chi connectivity index (χ4v) is 2.23. The van der Waals surface area contributed by atoms with Crippen molar-refractivity contribution in [2.45, 2.75) is 52.2 Å². The lowest BCUT2D eigenvalue weighted by atomic mass is 9.93. The third-order valence-electron chi connectivity index (χ3n) is 3.35. The molecule has 1 aromatic heterocycles. The molecule has 1 fully saturated rings. The zero-order valence-electron chi connectivity index (χ0n) is 12.1. The summed E-state index contributed by atoms with van der Waals surface area (Å²) in [6.45, 7) is 6.32. The summed E-state index contributed by atoms with van der Waals surface area (Å²) in [6.07, 6.45) is 2.98. The van der Waals surface area contributed by atoms with E-state index < -0.39 is 6.04 Å². The van der Waals surface area contributed by atoms with Crippen LogP contribution in [0.25, 0.3) is 0 Å². The first-order valence-electron chi connectivity index (χ1n) is 6.93. The number of piperidine rings is 1. The van der Waals surface area contributed by atoms with E-state index in [4.69, 9.17) is 0 Å². The zero-order chi connectivity index (χ0) is 14.7. The average Bonchev–Trinajstić information content (AvgIpc) is 2.83. The van der Waals surface area contributed by atoms with Gasteiger partial charge in [-0.15, -0.1) is 5.10 Å². The highest BCUT2D eigenvalue weighted by atomic mass is 16.2. The molecule has 0 radical (unpaired) electrons. The van der Waals surface area contributed by atoms with Crippen LogP contribution in [0.1, 0.15) is 45.3 Å². The van der Waals surface area contributed by atoms with Gasteiger partial charge in [0, 0.05) is 12.5 Å². The minimum absolute atomic E-state index is 0.0605. The average molecular weight is 279 g/mol. The summed E-state index contributed by atoms with van der Waals surface area (Å²) in [5.41, 5.74) is 0.710. The molecular weight excluding hydrogens is 258 g/mol. The Morgan fingerprint density at radius 3 is 2.95 bits per heavy atom. The van der Waals surface area contributed by atoms with Crippen LogP contribution in [0, 0.1) is 5.92 Å². The SMILES string of the molecule is CC(C)n1cc(CNC(=O)[C@@H]2C[C@H](C)CC(=O)N2)nn1. The molecule has 2 heterocycles. The number of carbonyl (C=O) groups is 2. The van der Waals surface area contributed by atoms with Gasteiger partial charge in [0.2, 0.25) is 11.8 Å². The number of hydrogen-bond donors (Lipinski definition) is 2. The molecule has 0 spiro atoms. The Kier molecular flexibility index (Phi) is 4.36. The summed E-state index contributed by atoms with van der Waals surface area (Å²) < 4.78 is 1.74. The molecule has 2 rings (SSSR count). The maximum Gasteiger partial charge on any atom is 0.242 e. The van der Waals surface area contributed by atoms with Crippen LogP contribution in [0.5, 0.6) is 0 Å². The van der Waals surface area contributed by atoms with Gasteiger partial charge < -0.3 is 10.6 Å². The van der Waals surface area contributed by atoms with E-state index in [0.29, 0.717) is 25.1 Å². The number of rotatable bonds is 4. The van der Waals surface area contributed by atoms with Crippen molar-refractivity contribution in [2.24, 2.45) is 5.92 Å². The predicted octanol–water partition coefficient (Wildman–Crippen LogP) is 0.390. The van der Waals surface area contributed by atoms with Gasteiger partial charge in [-0.05, 0) is 26.2 Å². The number of hydrogen-bond acceptors (Lipinski definition) is 4. The Hall–Kier alpha value is -1.92. The molecule has 7 heteroatoms. The monoisotopic (exact) mass is 279 g/mol. The summed E-state index contributed by atoms with van der Waals surface area (Å²) in [4.78, 5) is 23.4. The molecule has 7 nitrogen and oxygen atoms in total. The topological polar surface area (TPSA) is 88.9 Å². The minimum atomic E-state index is -0.439. The van der Waals surface area contributed by atoms with E-state index in [1.165, 1.54) is 0 Å². The van der Waals surface area contributed by atoms with Gasteiger partial charge in [-0.25, -0.2) is 4.68 Å². The van der Waals surface area contributed by atoms with Crippen molar-refractivity contribution in [3.63, 3.8) is 0 Å². The van der Waals surface area contributed by atoms with Crippen LogP contribution < -0.4 is 10.6 Å². The first-order chi connectivity index (χ1) is 9.45. The molecule has 1 saturated heterocycles. The van der Waals surface area contributed by atoms with Crippen LogP contribution in [0.2, 0.25) is 0 Å². The molecule has 2 atom stereocenters. The fourth-order valence-electron chi connectivity index (χ4n) is 2.23. The lowest BCUT2D eigenvalue weighted by Crippen LogP contribution is -2.50. The van der Waals surface area contributed by atoms with Crippen LogP contribution in [-0.4, -0.2) is 32.9 Å². The van der Waals surface area contributed by atoms with Gasteiger partial charge in [-0.2, -0.15) is 0 Å². The molecule has 1 aromatic rings. The normalized spacial score (nSPS) is 22.7. The van der Waals surface area contributed by atoms with Crippen LogP contribution in [0.4, 0.5) is 0 Å². The summed E-state index contributed by atoms with van der Waals surface area (Å²) in [7, 11) is 0. The second-order valence-electron chi connectivity index (χ2n) is 5.67. The maximum absolute atomic E-state index is 12.0. The molecule has 1 aliphatic rings. The minimum Gasteiger partial charge on any atom is -0.349 e. The van der Waals surface area contributed by atoms with Gasteiger partial charge >= 0.3 is 0 Å². The first-order valence-corrected chi connectivity index (χ1v) is 6.93. The van der Waals surface area contributed by atoms with Crippen molar-refractivity contribution >= 4 is 11.8 Å². The molecular formula is C13H21N5O2. The van der Waals surface area contributed by atoms with Crippen LogP contribution >= 0.6 is 0 Å². The third-order valence-corrected chi connectivity index (χ3v) is 3.35. The van der Waals surface area contributed by atoms with Crippen molar-refractivity contribution < 1.29 is 9.59 Å². The molecule has 110 valence electrons. The van der Waals surface area contributed by atoms with E-state index in [-0.39, 0.29) is 23.8 Å². The molecule has 0 bridgehead atoms. The van der Waals surface area contributed by atoms with Crippen molar-refractivity contribution in [2.75, 3.05) is 0 Å². The Morgan fingerprint density at radius 1 is 1.60 bits per heavy atom. The number of nitrogens with zero attached hydrogens (tertiary/aromatic N) is 3. The summed E-state index contributed by atoms with van der Waals surface area (Å²) >= 11 is 0. The lowest BCUT2D eigenvalue weighted by Gasteiger charge is -2.26. The van der Waals surface area contributed by atoms with E-state index in [0.717, 1.165) is 0 Å². The molecule has 2 amide bonds. The quantitative estimate of drug-likeness (QED) is 0.834. The number of amides is 2. The van der Waals surface area contributed by atoms with Gasteiger partial charge in [0.15, 0.2) is 0 Å². The highest BCUT2D eigenvalue weighted by molar-refractivity contribution is 5.88. The van der Waals surface area contributed by atoms with Gasteiger partial charge in [-0.3, -0.25) is 9.59 Å².